The second kappa shape index (κ2) is 8.53. The Morgan fingerprint density at radius 3 is 2.50 bits per heavy atom. The molecule has 0 aromatic rings. The third-order valence-electron chi connectivity index (χ3n) is 2.77. The Balaban J connectivity index is 3.93. The lowest BCUT2D eigenvalue weighted by Crippen LogP contribution is -2.47. The molecule has 0 bridgehead atoms. The number of carbonyl (C=O) groups excluding carboxylic acids is 1. The standard InChI is InChI=1S/C12H26N2O2/c1-5-11(9(2)3)14-12(15)10(13)7-6-8-16-4/h9-11H,5-8,13H2,1-4H3,(H,14,15). The summed E-state index contributed by atoms with van der Waals surface area (Å²) in [6.45, 7) is 6.93. The van der Waals surface area contributed by atoms with Crippen molar-refractivity contribution in [3.8, 4) is 0 Å². The smallest absolute Gasteiger partial charge is 0.237 e. The normalized spacial score (nSPS) is 14.9. The van der Waals surface area contributed by atoms with Crippen LogP contribution in [0, 0.1) is 5.92 Å². The van der Waals surface area contributed by atoms with Crippen molar-refractivity contribution in [2.45, 2.75) is 52.1 Å². The Labute approximate surface area is 98.9 Å². The Kier molecular flexibility index (Phi) is 8.21. The van der Waals surface area contributed by atoms with Crippen LogP contribution in [-0.4, -0.2) is 31.7 Å². The first kappa shape index (κ1) is 15.4. The van der Waals surface area contributed by atoms with Crippen molar-refractivity contribution in [1.29, 1.82) is 0 Å². The number of ether oxygens (including phenoxy) is 1. The van der Waals surface area contributed by atoms with Crippen LogP contribution in [-0.2, 0) is 9.53 Å². The lowest BCUT2D eigenvalue weighted by Gasteiger charge is -2.22. The molecular weight excluding hydrogens is 204 g/mol. The summed E-state index contributed by atoms with van der Waals surface area (Å²) in [5, 5.41) is 2.99. The molecule has 4 heteroatoms. The van der Waals surface area contributed by atoms with Crippen molar-refractivity contribution >= 4 is 5.91 Å². The summed E-state index contributed by atoms with van der Waals surface area (Å²) in [5.74, 6) is 0.400. The van der Waals surface area contributed by atoms with E-state index in [0.29, 0.717) is 18.9 Å². The SMILES string of the molecule is CCC(NC(=O)C(N)CCCOC)C(C)C. The number of rotatable bonds is 8. The van der Waals surface area contributed by atoms with Crippen LogP contribution in [0.3, 0.4) is 0 Å². The van der Waals surface area contributed by atoms with Crippen LogP contribution < -0.4 is 11.1 Å². The first-order valence-corrected chi connectivity index (χ1v) is 6.07. The van der Waals surface area contributed by atoms with Crippen molar-refractivity contribution in [2.24, 2.45) is 11.7 Å². The van der Waals surface area contributed by atoms with Crippen molar-refractivity contribution < 1.29 is 9.53 Å². The fraction of sp³-hybridized carbons (Fsp3) is 0.917. The Morgan fingerprint density at radius 2 is 2.06 bits per heavy atom. The molecule has 0 aliphatic rings. The Bertz CT molecular complexity index is 195. The van der Waals surface area contributed by atoms with Crippen LogP contribution in [0.15, 0.2) is 0 Å². The maximum atomic E-state index is 11.7. The molecule has 0 radical (unpaired) electrons. The number of hydrogen-bond acceptors (Lipinski definition) is 3. The third-order valence-corrected chi connectivity index (χ3v) is 2.77. The topological polar surface area (TPSA) is 64.4 Å². The second-order valence-corrected chi connectivity index (χ2v) is 4.51. The molecule has 0 fully saturated rings. The van der Waals surface area contributed by atoms with E-state index in [2.05, 4.69) is 26.1 Å². The minimum Gasteiger partial charge on any atom is -0.385 e. The number of hydrogen-bond donors (Lipinski definition) is 2. The van der Waals surface area contributed by atoms with Crippen LogP contribution in [0.5, 0.6) is 0 Å². The van der Waals surface area contributed by atoms with Crippen molar-refractivity contribution in [3.63, 3.8) is 0 Å². The molecule has 16 heavy (non-hydrogen) atoms. The zero-order valence-electron chi connectivity index (χ0n) is 11.0. The highest BCUT2D eigenvalue weighted by atomic mass is 16.5. The predicted octanol–water partition coefficient (Wildman–Crippen LogP) is 1.29. The van der Waals surface area contributed by atoms with Gasteiger partial charge in [-0.15, -0.1) is 0 Å². The van der Waals surface area contributed by atoms with E-state index in [1.807, 2.05) is 0 Å². The maximum Gasteiger partial charge on any atom is 0.237 e. The van der Waals surface area contributed by atoms with E-state index in [1.165, 1.54) is 0 Å². The van der Waals surface area contributed by atoms with Crippen molar-refractivity contribution in [1.82, 2.24) is 5.32 Å². The van der Waals surface area contributed by atoms with Crippen LogP contribution in [0.4, 0.5) is 0 Å². The van der Waals surface area contributed by atoms with Gasteiger partial charge in [0.25, 0.3) is 0 Å². The maximum absolute atomic E-state index is 11.7. The Morgan fingerprint density at radius 1 is 1.44 bits per heavy atom. The van der Waals surface area contributed by atoms with Gasteiger partial charge in [0, 0.05) is 19.8 Å². The molecule has 1 amide bonds. The molecule has 0 heterocycles. The van der Waals surface area contributed by atoms with Gasteiger partial charge in [0.1, 0.15) is 0 Å². The lowest BCUT2D eigenvalue weighted by molar-refractivity contribution is -0.123. The fourth-order valence-electron chi connectivity index (χ4n) is 1.61. The van der Waals surface area contributed by atoms with E-state index in [-0.39, 0.29) is 11.9 Å². The quantitative estimate of drug-likeness (QED) is 0.618. The average molecular weight is 230 g/mol. The molecule has 2 unspecified atom stereocenters. The van der Waals surface area contributed by atoms with Gasteiger partial charge >= 0.3 is 0 Å². The molecule has 3 N–H and O–H groups in total. The minimum absolute atomic E-state index is 0.0448. The van der Waals surface area contributed by atoms with E-state index < -0.39 is 6.04 Å². The van der Waals surface area contributed by atoms with Gasteiger partial charge in [-0.3, -0.25) is 4.79 Å². The van der Waals surface area contributed by atoms with Gasteiger partial charge < -0.3 is 15.8 Å². The summed E-state index contributed by atoms with van der Waals surface area (Å²) in [5.41, 5.74) is 5.79. The van der Waals surface area contributed by atoms with Gasteiger partial charge in [-0.1, -0.05) is 20.8 Å². The van der Waals surface area contributed by atoms with Crippen LogP contribution in [0.2, 0.25) is 0 Å². The first-order valence-electron chi connectivity index (χ1n) is 6.07. The molecule has 0 spiro atoms. The average Bonchev–Trinajstić information content (AvgIpc) is 2.25. The molecule has 0 rings (SSSR count). The van der Waals surface area contributed by atoms with Gasteiger partial charge in [-0.05, 0) is 25.2 Å². The zero-order valence-corrected chi connectivity index (χ0v) is 11.0. The molecule has 0 aromatic heterocycles. The van der Waals surface area contributed by atoms with Gasteiger partial charge in [-0.25, -0.2) is 0 Å². The van der Waals surface area contributed by atoms with Crippen molar-refractivity contribution in [3.05, 3.63) is 0 Å². The second-order valence-electron chi connectivity index (χ2n) is 4.51. The summed E-state index contributed by atoms with van der Waals surface area (Å²) in [7, 11) is 1.65. The number of amides is 1. The monoisotopic (exact) mass is 230 g/mol. The van der Waals surface area contributed by atoms with E-state index in [0.717, 1.165) is 12.8 Å². The molecule has 0 saturated carbocycles. The van der Waals surface area contributed by atoms with Gasteiger partial charge in [0.05, 0.1) is 6.04 Å². The summed E-state index contributed by atoms with van der Waals surface area (Å²) in [6.07, 6.45) is 2.44. The van der Waals surface area contributed by atoms with E-state index in [1.54, 1.807) is 7.11 Å². The summed E-state index contributed by atoms with van der Waals surface area (Å²) in [4.78, 5) is 11.7. The van der Waals surface area contributed by atoms with E-state index >= 15 is 0 Å². The number of nitrogens with one attached hydrogen (secondary N) is 1. The molecular formula is C12H26N2O2. The highest BCUT2D eigenvalue weighted by molar-refractivity contribution is 5.81. The Hall–Kier alpha value is -0.610. The third kappa shape index (κ3) is 6.08. The van der Waals surface area contributed by atoms with Crippen LogP contribution in [0.25, 0.3) is 0 Å². The largest absolute Gasteiger partial charge is 0.385 e. The number of carbonyl (C=O) groups is 1. The lowest BCUT2D eigenvalue weighted by atomic mass is 10.0. The molecule has 0 aliphatic heterocycles. The highest BCUT2D eigenvalue weighted by Crippen LogP contribution is 2.06. The van der Waals surface area contributed by atoms with E-state index in [9.17, 15) is 4.79 Å². The number of nitrogens with two attached hydrogens (primary N) is 1. The minimum atomic E-state index is -0.414. The van der Waals surface area contributed by atoms with Crippen LogP contribution in [0.1, 0.15) is 40.0 Å². The molecule has 2 atom stereocenters. The molecule has 0 saturated heterocycles. The highest BCUT2D eigenvalue weighted by Gasteiger charge is 2.18. The first-order chi connectivity index (χ1) is 7.52. The van der Waals surface area contributed by atoms with E-state index in [4.69, 9.17) is 10.5 Å². The zero-order chi connectivity index (χ0) is 12.6. The van der Waals surface area contributed by atoms with Crippen molar-refractivity contribution in [2.75, 3.05) is 13.7 Å². The fourth-order valence-corrected chi connectivity index (χ4v) is 1.61. The summed E-state index contributed by atoms with van der Waals surface area (Å²) in [6, 6.07) is -0.191. The van der Waals surface area contributed by atoms with Gasteiger partial charge in [0.15, 0.2) is 0 Å². The molecule has 96 valence electrons. The number of methoxy groups -OCH3 is 1. The van der Waals surface area contributed by atoms with Gasteiger partial charge in [0.2, 0.25) is 5.91 Å². The predicted molar refractivity (Wildman–Crippen MR) is 66.1 cm³/mol. The summed E-state index contributed by atoms with van der Waals surface area (Å²) >= 11 is 0. The molecule has 4 nitrogen and oxygen atoms in total. The van der Waals surface area contributed by atoms with Crippen LogP contribution >= 0.6 is 0 Å². The van der Waals surface area contributed by atoms with Gasteiger partial charge in [-0.2, -0.15) is 0 Å². The summed E-state index contributed by atoms with van der Waals surface area (Å²) < 4.78 is 4.93. The molecule has 0 aromatic carbocycles. The molecule has 0 aliphatic carbocycles.